The molecule has 10 nitrogen and oxygen atoms in total. The molecule has 12 heteroatoms. The number of aryl methyl sites for hydroxylation is 1. The van der Waals surface area contributed by atoms with Gasteiger partial charge in [0.05, 0.1) is 11.1 Å². The lowest BCUT2D eigenvalue weighted by Gasteiger charge is -2.33. The van der Waals surface area contributed by atoms with Gasteiger partial charge in [-0.25, -0.2) is 19.6 Å². The van der Waals surface area contributed by atoms with Crippen molar-refractivity contribution in [3.8, 4) is 22.4 Å². The summed E-state index contributed by atoms with van der Waals surface area (Å²) in [6.07, 6.45) is -0.921. The highest BCUT2D eigenvalue weighted by molar-refractivity contribution is 9.10. The van der Waals surface area contributed by atoms with Gasteiger partial charge in [-0.2, -0.15) is 4.90 Å². The molecule has 3 rings (SSSR count). The number of ether oxygens (including phenoxy) is 1. The predicted molar refractivity (Wildman–Crippen MR) is 126 cm³/mol. The first-order chi connectivity index (χ1) is 15.3. The van der Waals surface area contributed by atoms with Gasteiger partial charge in [-0.15, -0.1) is 21.5 Å². The van der Waals surface area contributed by atoms with Gasteiger partial charge in [0.2, 0.25) is 0 Å². The Balaban J connectivity index is 2.01. The van der Waals surface area contributed by atoms with Crippen LogP contribution in [-0.4, -0.2) is 43.1 Å². The van der Waals surface area contributed by atoms with Crippen molar-refractivity contribution in [2.24, 2.45) is 5.41 Å². The third kappa shape index (κ3) is 5.93. The van der Waals surface area contributed by atoms with Crippen LogP contribution in [0.15, 0.2) is 26.7 Å². The van der Waals surface area contributed by atoms with Crippen LogP contribution in [0.2, 0.25) is 0 Å². The molecule has 0 saturated heterocycles. The molecule has 3 aromatic rings. The van der Waals surface area contributed by atoms with E-state index < -0.39 is 17.8 Å². The minimum absolute atomic E-state index is 0.0784. The maximum absolute atomic E-state index is 13.0. The summed E-state index contributed by atoms with van der Waals surface area (Å²) < 4.78 is 11.6. The minimum atomic E-state index is -1.58. The fourth-order valence-corrected chi connectivity index (χ4v) is 4.65. The van der Waals surface area contributed by atoms with E-state index in [9.17, 15) is 14.7 Å². The second-order valence-corrected chi connectivity index (χ2v) is 10.9. The standard InChI is InChI=1S/C21H24BrN5O5S/c1-11-7-8-33-14(11)17-26-25-16(31-17)13-15(23-9-12(22)24-13)27(18(28)29)19(30)32-21(5,6)10-20(2,3)4/h7-9H,10H2,1-6H3,(H,28,29). The molecule has 1 N–H and O–H groups in total. The van der Waals surface area contributed by atoms with Crippen LogP contribution in [0, 0.1) is 12.3 Å². The average Bonchev–Trinajstić information content (AvgIpc) is 3.28. The lowest BCUT2D eigenvalue weighted by Crippen LogP contribution is -2.43. The fourth-order valence-electron chi connectivity index (χ4n) is 3.52. The van der Waals surface area contributed by atoms with Crippen molar-refractivity contribution in [2.75, 3.05) is 4.90 Å². The Kier molecular flexibility index (Phi) is 6.89. The summed E-state index contributed by atoms with van der Waals surface area (Å²) in [4.78, 5) is 34.6. The summed E-state index contributed by atoms with van der Waals surface area (Å²) in [6, 6.07) is 1.91. The molecule has 0 aromatic carbocycles. The van der Waals surface area contributed by atoms with Crippen LogP contribution in [0.5, 0.6) is 0 Å². The van der Waals surface area contributed by atoms with Gasteiger partial charge in [0.25, 0.3) is 11.8 Å². The monoisotopic (exact) mass is 537 g/mol. The van der Waals surface area contributed by atoms with Crippen molar-refractivity contribution < 1.29 is 23.8 Å². The third-order valence-corrected chi connectivity index (χ3v) is 5.70. The molecule has 3 aromatic heterocycles. The second-order valence-electron chi connectivity index (χ2n) is 9.19. The summed E-state index contributed by atoms with van der Waals surface area (Å²) in [6.45, 7) is 11.3. The average molecular weight is 538 g/mol. The van der Waals surface area contributed by atoms with Crippen molar-refractivity contribution in [3.63, 3.8) is 0 Å². The summed E-state index contributed by atoms with van der Waals surface area (Å²) >= 11 is 4.64. The zero-order chi connectivity index (χ0) is 24.6. The van der Waals surface area contributed by atoms with Gasteiger partial charge in [-0.3, -0.25) is 0 Å². The molecular weight excluding hydrogens is 514 g/mol. The number of halogens is 1. The topological polar surface area (TPSA) is 132 Å². The Morgan fingerprint density at radius 1 is 1.21 bits per heavy atom. The number of nitrogens with zero attached hydrogens (tertiary/aromatic N) is 5. The SMILES string of the molecule is Cc1ccsc1-c1nnc(-c2nc(Br)cnc2N(C(=O)O)C(=O)OC(C)(C)CC(C)(C)C)o1. The largest absolute Gasteiger partial charge is 0.464 e. The first-order valence-electron chi connectivity index (χ1n) is 9.94. The number of anilines is 1. The summed E-state index contributed by atoms with van der Waals surface area (Å²) in [7, 11) is 0. The van der Waals surface area contributed by atoms with Crippen molar-refractivity contribution in [1.29, 1.82) is 0 Å². The van der Waals surface area contributed by atoms with E-state index in [0.717, 1.165) is 10.4 Å². The van der Waals surface area contributed by atoms with Gasteiger partial charge < -0.3 is 14.3 Å². The lowest BCUT2D eigenvalue weighted by molar-refractivity contribution is 0.0145. The van der Waals surface area contributed by atoms with Gasteiger partial charge in [0, 0.05) is 0 Å². The first-order valence-corrected chi connectivity index (χ1v) is 11.6. The van der Waals surface area contributed by atoms with Crippen molar-refractivity contribution in [1.82, 2.24) is 20.2 Å². The van der Waals surface area contributed by atoms with E-state index in [1.54, 1.807) is 13.8 Å². The quantitative estimate of drug-likeness (QED) is 0.405. The van der Waals surface area contributed by atoms with Crippen LogP contribution < -0.4 is 4.90 Å². The van der Waals surface area contributed by atoms with E-state index in [0.29, 0.717) is 15.9 Å². The predicted octanol–water partition coefficient (Wildman–Crippen LogP) is 6.16. The summed E-state index contributed by atoms with van der Waals surface area (Å²) in [5, 5.41) is 19.8. The maximum Gasteiger partial charge on any atom is 0.425 e. The van der Waals surface area contributed by atoms with Gasteiger partial charge in [-0.05, 0) is 65.5 Å². The van der Waals surface area contributed by atoms with Crippen molar-refractivity contribution in [3.05, 3.63) is 27.8 Å². The van der Waals surface area contributed by atoms with E-state index >= 15 is 0 Å². The van der Waals surface area contributed by atoms with Gasteiger partial charge in [0.15, 0.2) is 11.5 Å². The molecule has 0 aliphatic heterocycles. The Labute approximate surface area is 203 Å². The maximum atomic E-state index is 13.0. The Morgan fingerprint density at radius 3 is 2.45 bits per heavy atom. The van der Waals surface area contributed by atoms with Crippen LogP contribution >= 0.6 is 27.3 Å². The van der Waals surface area contributed by atoms with Crippen LogP contribution in [0.1, 0.15) is 46.6 Å². The minimum Gasteiger partial charge on any atom is -0.464 e. The fraction of sp³-hybridized carbons (Fsp3) is 0.429. The number of rotatable bonds is 5. The van der Waals surface area contributed by atoms with Gasteiger partial charge in [0.1, 0.15) is 10.2 Å². The number of amides is 2. The number of carbonyl (C=O) groups excluding carboxylic acids is 1. The highest BCUT2D eigenvalue weighted by Crippen LogP contribution is 2.34. The molecule has 0 spiro atoms. The van der Waals surface area contributed by atoms with Crippen LogP contribution in [0.25, 0.3) is 22.4 Å². The molecule has 0 radical (unpaired) electrons. The van der Waals surface area contributed by atoms with E-state index in [1.807, 2.05) is 39.1 Å². The number of imide groups is 1. The molecule has 0 saturated carbocycles. The van der Waals surface area contributed by atoms with Gasteiger partial charge >= 0.3 is 12.2 Å². The van der Waals surface area contributed by atoms with E-state index in [4.69, 9.17) is 9.15 Å². The highest BCUT2D eigenvalue weighted by atomic mass is 79.9. The second kappa shape index (κ2) is 9.18. The zero-order valence-corrected chi connectivity index (χ0v) is 21.4. The van der Waals surface area contributed by atoms with Crippen LogP contribution in [-0.2, 0) is 4.74 Å². The van der Waals surface area contributed by atoms with E-state index in [1.165, 1.54) is 17.5 Å². The molecular formula is C21H24BrN5O5S. The molecule has 176 valence electrons. The Hall–Kier alpha value is -2.86. The highest BCUT2D eigenvalue weighted by Gasteiger charge is 2.37. The zero-order valence-electron chi connectivity index (χ0n) is 19.0. The molecule has 0 fully saturated rings. The molecule has 3 heterocycles. The van der Waals surface area contributed by atoms with E-state index in [-0.39, 0.29) is 28.7 Å². The van der Waals surface area contributed by atoms with Crippen molar-refractivity contribution in [2.45, 2.75) is 53.6 Å². The molecule has 0 unspecified atom stereocenters. The number of hydrogen-bond acceptors (Lipinski definition) is 9. The Morgan fingerprint density at radius 2 is 1.88 bits per heavy atom. The number of hydrogen-bond donors (Lipinski definition) is 1. The molecule has 2 amide bonds. The number of aromatic nitrogens is 4. The van der Waals surface area contributed by atoms with E-state index in [2.05, 4.69) is 36.1 Å². The van der Waals surface area contributed by atoms with Crippen LogP contribution in [0.3, 0.4) is 0 Å². The lowest BCUT2D eigenvalue weighted by atomic mass is 9.84. The Bertz CT molecular complexity index is 1180. The molecule has 0 bridgehead atoms. The molecule has 0 atom stereocenters. The number of carbonyl (C=O) groups is 2. The molecule has 0 aliphatic rings. The normalized spacial score (nSPS) is 12.0. The number of thiophene rings is 1. The van der Waals surface area contributed by atoms with Gasteiger partial charge in [-0.1, -0.05) is 20.8 Å². The van der Waals surface area contributed by atoms with Crippen LogP contribution in [0.4, 0.5) is 15.4 Å². The molecule has 0 aliphatic carbocycles. The first kappa shape index (κ1) is 24.8. The van der Waals surface area contributed by atoms with Crippen molar-refractivity contribution >= 4 is 45.3 Å². The summed E-state index contributed by atoms with van der Waals surface area (Å²) in [5.41, 5.74) is -0.209. The smallest absolute Gasteiger partial charge is 0.425 e. The number of carboxylic acid groups (broad SMARTS) is 1. The third-order valence-electron chi connectivity index (χ3n) is 4.31. The summed E-state index contributed by atoms with van der Waals surface area (Å²) in [5.74, 6) is -0.143. The molecule has 33 heavy (non-hydrogen) atoms.